The number of methoxy groups -OCH3 is 2. The highest BCUT2D eigenvalue weighted by atomic mass is 79.9. The standard InChI is InChI=1S/C23H20N4O2.C16H14BrNO2.C15H12N4O.C7H7N3/c1-15-20-9-10-27(22(20)25-14-24-15)18-5-8-21-17(11-18)13-26(23(21)28)12-16-3-6-19(29-2)7-4-16;1-20-14-5-2-11(3-6-14)9-18-10-12-8-13(17)4-7-15(12)16(18)19;1-9-12-4-5-19(14(12)18-8-17-9)11-2-3-13-10(6-11)7-16-15(13)20;1-5-6-2-3-8-7(6)10-4-9-5/h3-11,14H,12-13H2,1-2H3;2-8H,9-10H2,1H3;2-6,8H,7H2,1H3,(H,16,20);2-4H,1H3,(H,8,9,10). The topological polar surface area (TPSA) is 191 Å². The average Bonchev–Trinajstić information content (AvgIpc) is 4.40. The second-order valence-electron chi connectivity index (χ2n) is 19.1. The Morgan fingerprint density at radius 3 is 1.53 bits per heavy atom. The van der Waals surface area contributed by atoms with Gasteiger partial charge in [-0.3, -0.25) is 14.4 Å². The van der Waals surface area contributed by atoms with Gasteiger partial charge in [0.2, 0.25) is 0 Å². The monoisotopic (exact) mass is 1110 g/mol. The van der Waals surface area contributed by atoms with Gasteiger partial charge in [0.25, 0.3) is 17.7 Å². The molecule has 18 heteroatoms. The van der Waals surface area contributed by atoms with E-state index in [2.05, 4.69) is 62.2 Å². The number of aromatic amines is 1. The van der Waals surface area contributed by atoms with Crippen molar-refractivity contribution in [1.82, 2.24) is 59.1 Å². The van der Waals surface area contributed by atoms with E-state index in [1.165, 1.54) is 0 Å². The van der Waals surface area contributed by atoms with Crippen molar-refractivity contribution in [2.75, 3.05) is 14.2 Å². The Kier molecular flexibility index (Phi) is 14.5. The molecule has 5 aromatic carbocycles. The second kappa shape index (κ2) is 22.2. The minimum atomic E-state index is 0.00193. The summed E-state index contributed by atoms with van der Waals surface area (Å²) in [4.78, 5) is 68.8. The fraction of sp³-hybridized carbons (Fsp3) is 0.164. The number of aromatic nitrogens is 9. The van der Waals surface area contributed by atoms with Crippen molar-refractivity contribution >= 4 is 66.8 Å². The van der Waals surface area contributed by atoms with Crippen molar-refractivity contribution in [2.24, 2.45) is 0 Å². The number of carbonyl (C=O) groups excluding carboxylic acids is 3. The summed E-state index contributed by atoms with van der Waals surface area (Å²) in [6.07, 6.45) is 10.6. The van der Waals surface area contributed by atoms with Gasteiger partial charge in [-0.2, -0.15) is 0 Å². The van der Waals surface area contributed by atoms with Crippen LogP contribution < -0.4 is 14.8 Å². The summed E-state index contributed by atoms with van der Waals surface area (Å²) in [5.41, 5.74) is 15.3. The number of halogens is 1. The van der Waals surface area contributed by atoms with Gasteiger partial charge in [0.05, 0.1) is 31.3 Å². The van der Waals surface area contributed by atoms with Crippen LogP contribution in [-0.2, 0) is 32.7 Å². The van der Waals surface area contributed by atoms with E-state index >= 15 is 0 Å². The van der Waals surface area contributed by atoms with Gasteiger partial charge >= 0.3 is 0 Å². The number of hydrogen-bond donors (Lipinski definition) is 2. The van der Waals surface area contributed by atoms with Crippen LogP contribution in [0.3, 0.4) is 0 Å². The summed E-state index contributed by atoms with van der Waals surface area (Å²) in [5.74, 6) is 1.81. The lowest BCUT2D eigenvalue weighted by Crippen LogP contribution is -2.23. The first-order valence-electron chi connectivity index (χ1n) is 25.4. The van der Waals surface area contributed by atoms with Crippen LogP contribution in [0, 0.1) is 20.8 Å². The van der Waals surface area contributed by atoms with E-state index in [-0.39, 0.29) is 17.7 Å². The third kappa shape index (κ3) is 10.7. The van der Waals surface area contributed by atoms with Crippen LogP contribution in [-0.4, -0.2) is 85.8 Å². The number of fused-ring (bicyclic) bond motifs is 6. The predicted octanol–water partition coefficient (Wildman–Crippen LogP) is 10.7. The van der Waals surface area contributed by atoms with Crippen LogP contribution in [0.1, 0.15) is 76.0 Å². The van der Waals surface area contributed by atoms with E-state index in [9.17, 15) is 14.4 Å². The van der Waals surface area contributed by atoms with Gasteiger partial charge in [-0.15, -0.1) is 0 Å². The fourth-order valence-corrected chi connectivity index (χ4v) is 10.4. The molecule has 0 saturated heterocycles. The van der Waals surface area contributed by atoms with Gasteiger partial charge < -0.3 is 38.7 Å². The van der Waals surface area contributed by atoms with Crippen molar-refractivity contribution in [2.45, 2.75) is 53.5 Å². The normalized spacial score (nSPS) is 13.0. The van der Waals surface area contributed by atoms with E-state index in [4.69, 9.17) is 9.47 Å². The number of carbonyl (C=O) groups is 3. The molecule has 0 bridgehead atoms. The lowest BCUT2D eigenvalue weighted by atomic mass is 10.1. The number of hydrogen-bond acceptors (Lipinski definition) is 11. The number of nitrogens with one attached hydrogen (secondary N) is 2. The third-order valence-electron chi connectivity index (χ3n) is 14.2. The van der Waals surface area contributed by atoms with Gasteiger partial charge in [0, 0.05) is 100 Å². The minimum Gasteiger partial charge on any atom is -0.497 e. The maximum Gasteiger partial charge on any atom is 0.254 e. The average molecular weight is 1110 g/mol. The molecule has 3 aliphatic heterocycles. The maximum atomic E-state index is 12.9. The van der Waals surface area contributed by atoms with Gasteiger partial charge in [0.1, 0.15) is 47.4 Å². The number of benzene rings is 5. The summed E-state index contributed by atoms with van der Waals surface area (Å²) in [5, 5.41) is 6.01. The number of aryl methyl sites for hydroxylation is 3. The molecule has 0 aliphatic carbocycles. The quantitative estimate of drug-likeness (QED) is 0.147. The molecular weight excluding hydrogens is 1060 g/mol. The summed E-state index contributed by atoms with van der Waals surface area (Å²) >= 11 is 3.44. The Labute approximate surface area is 463 Å². The van der Waals surface area contributed by atoms with Crippen LogP contribution in [0.2, 0.25) is 0 Å². The fourth-order valence-electron chi connectivity index (χ4n) is 9.97. The van der Waals surface area contributed by atoms with Crippen molar-refractivity contribution < 1.29 is 23.9 Å². The lowest BCUT2D eigenvalue weighted by Gasteiger charge is -2.15. The summed E-state index contributed by atoms with van der Waals surface area (Å²) < 4.78 is 15.4. The molecular formula is C61H53BrN12O5. The number of H-pyrrole nitrogens is 1. The SMILES string of the molecule is COc1ccc(CN2Cc3cc(-n4ccc5c(C)ncnc54)ccc3C2=O)cc1.COc1ccc(CN2Cc3cc(Br)ccc3C2=O)cc1.Cc1ncnc2[nH]ccc12.Cc1ncnc2c1ccn2-c1ccc2c(c1)CNC2=O. The molecule has 11 aromatic rings. The zero-order chi connectivity index (χ0) is 54.7. The second-order valence-corrected chi connectivity index (χ2v) is 20.1. The molecule has 0 unspecified atom stereocenters. The van der Waals surface area contributed by atoms with Crippen LogP contribution in [0.25, 0.3) is 44.5 Å². The molecule has 79 heavy (non-hydrogen) atoms. The Balaban J connectivity index is 0.000000117. The molecule has 3 aliphatic rings. The minimum absolute atomic E-state index is 0.00193. The molecule has 9 heterocycles. The van der Waals surface area contributed by atoms with Crippen molar-refractivity contribution in [3.8, 4) is 22.9 Å². The molecule has 0 radical (unpaired) electrons. The molecule has 0 atom stereocenters. The third-order valence-corrected chi connectivity index (χ3v) is 14.7. The Hall–Kier alpha value is -9.55. The Bertz CT molecular complexity index is 4100. The molecule has 0 fully saturated rings. The van der Waals surface area contributed by atoms with Crippen LogP contribution >= 0.6 is 15.9 Å². The predicted molar refractivity (Wildman–Crippen MR) is 304 cm³/mol. The number of rotatable bonds is 8. The van der Waals surface area contributed by atoms with E-state index in [1.54, 1.807) is 33.2 Å². The zero-order valence-electron chi connectivity index (χ0n) is 43.9. The molecule has 394 valence electrons. The smallest absolute Gasteiger partial charge is 0.254 e. The molecule has 0 saturated carbocycles. The first-order chi connectivity index (χ1) is 38.4. The van der Waals surface area contributed by atoms with Gasteiger partial charge in [-0.25, -0.2) is 29.9 Å². The van der Waals surface area contributed by atoms with Gasteiger partial charge in [-0.1, -0.05) is 40.2 Å². The molecule has 3 amide bonds. The molecule has 6 aromatic heterocycles. The summed E-state index contributed by atoms with van der Waals surface area (Å²) in [7, 11) is 3.29. The highest BCUT2D eigenvalue weighted by Gasteiger charge is 2.29. The molecule has 0 spiro atoms. The van der Waals surface area contributed by atoms with E-state index < -0.39 is 0 Å². The molecule has 2 N–H and O–H groups in total. The number of amides is 3. The number of nitrogens with zero attached hydrogens (tertiary/aromatic N) is 10. The van der Waals surface area contributed by atoms with Crippen molar-refractivity contribution in [3.05, 3.63) is 225 Å². The highest BCUT2D eigenvalue weighted by Crippen LogP contribution is 2.31. The van der Waals surface area contributed by atoms with E-state index in [0.717, 1.165) is 122 Å². The zero-order valence-corrected chi connectivity index (χ0v) is 45.5. The Morgan fingerprint density at radius 2 is 1.00 bits per heavy atom. The first-order valence-corrected chi connectivity index (χ1v) is 26.2. The number of ether oxygens (including phenoxy) is 2. The molecule has 17 nitrogen and oxygen atoms in total. The molecule has 14 rings (SSSR count). The summed E-state index contributed by atoms with van der Waals surface area (Å²) in [6.45, 7) is 8.97. The van der Waals surface area contributed by atoms with E-state index in [1.807, 2.05) is 174 Å². The van der Waals surface area contributed by atoms with Crippen LogP contribution in [0.15, 0.2) is 163 Å². The highest BCUT2D eigenvalue weighted by molar-refractivity contribution is 9.10. The van der Waals surface area contributed by atoms with Gasteiger partial charge in [0.15, 0.2) is 0 Å². The van der Waals surface area contributed by atoms with E-state index in [0.29, 0.717) is 32.7 Å². The lowest BCUT2D eigenvalue weighted by molar-refractivity contribution is 0.0759. The van der Waals surface area contributed by atoms with Gasteiger partial charge in [-0.05, 0) is 146 Å². The first kappa shape index (κ1) is 51.6. The summed E-state index contributed by atoms with van der Waals surface area (Å²) in [6, 6.07) is 39.3. The van der Waals surface area contributed by atoms with Crippen molar-refractivity contribution in [1.29, 1.82) is 0 Å². The van der Waals surface area contributed by atoms with Crippen LogP contribution in [0.5, 0.6) is 11.5 Å². The van der Waals surface area contributed by atoms with Crippen LogP contribution in [0.4, 0.5) is 0 Å². The largest absolute Gasteiger partial charge is 0.497 e. The maximum absolute atomic E-state index is 12.9. The van der Waals surface area contributed by atoms with Crippen molar-refractivity contribution in [3.63, 3.8) is 0 Å². The Morgan fingerprint density at radius 1 is 0.519 bits per heavy atom.